The number of hydrogen-bond acceptors (Lipinski definition) is 7. The molecule has 0 saturated carbocycles. The molecule has 2 saturated heterocycles. The van der Waals surface area contributed by atoms with Crippen molar-refractivity contribution in [1.82, 2.24) is 14.4 Å². The van der Waals surface area contributed by atoms with Crippen LogP contribution in [0.3, 0.4) is 0 Å². The van der Waals surface area contributed by atoms with Crippen molar-refractivity contribution in [3.63, 3.8) is 0 Å². The van der Waals surface area contributed by atoms with Crippen molar-refractivity contribution in [2.45, 2.75) is 46.6 Å². The first kappa shape index (κ1) is 24.5. The number of aromatic nitrogens is 1. The molecule has 9 heteroatoms. The van der Waals surface area contributed by atoms with Gasteiger partial charge in [0, 0.05) is 44.8 Å². The highest BCUT2D eigenvalue weighted by atomic mass is 32.2. The standard InChI is InChI=1S/C23H31N5O2S2/c1-5-7-9-28-22(30)19(32-23(28)31)14-17-16(3)18(15-24)21(29)27(8-6-2)20(17)26-12-10-25(4)11-13-26/h14H,5-13H2,1-4H3. The van der Waals surface area contributed by atoms with Crippen LogP contribution in [0, 0.1) is 18.3 Å². The smallest absolute Gasteiger partial charge is 0.270 e. The van der Waals surface area contributed by atoms with Crippen LogP contribution in [0.15, 0.2) is 9.70 Å². The molecule has 0 radical (unpaired) electrons. The molecule has 0 N–H and O–H groups in total. The van der Waals surface area contributed by atoms with Gasteiger partial charge in [-0.25, -0.2) is 0 Å². The second-order valence-electron chi connectivity index (χ2n) is 8.28. The maximum atomic E-state index is 13.2. The number of thioether (sulfide) groups is 1. The highest BCUT2D eigenvalue weighted by molar-refractivity contribution is 8.26. The molecule has 3 heterocycles. The Kier molecular flexibility index (Phi) is 8.15. The monoisotopic (exact) mass is 473 g/mol. The Morgan fingerprint density at radius 2 is 1.81 bits per heavy atom. The highest BCUT2D eigenvalue weighted by Gasteiger charge is 2.33. The summed E-state index contributed by atoms with van der Waals surface area (Å²) in [5.74, 6) is 0.712. The molecule has 0 atom stereocenters. The molecule has 2 fully saturated rings. The van der Waals surface area contributed by atoms with E-state index in [2.05, 4.69) is 29.8 Å². The van der Waals surface area contributed by atoms with E-state index in [4.69, 9.17) is 12.2 Å². The lowest BCUT2D eigenvalue weighted by Crippen LogP contribution is -2.47. The fraction of sp³-hybridized carbons (Fsp3) is 0.565. The summed E-state index contributed by atoms with van der Waals surface area (Å²) >= 11 is 6.77. The van der Waals surface area contributed by atoms with Gasteiger partial charge in [-0.15, -0.1) is 0 Å². The van der Waals surface area contributed by atoms with Crippen LogP contribution in [-0.4, -0.2) is 64.4 Å². The van der Waals surface area contributed by atoms with Gasteiger partial charge in [-0.05, 0) is 38.5 Å². The van der Waals surface area contributed by atoms with Crippen LogP contribution in [0.1, 0.15) is 49.8 Å². The first-order chi connectivity index (χ1) is 15.3. The number of hydrogen-bond donors (Lipinski definition) is 0. The Hall–Kier alpha value is -2.15. The number of nitrogens with zero attached hydrogens (tertiary/aromatic N) is 5. The molecule has 172 valence electrons. The number of unbranched alkanes of at least 4 members (excludes halogenated alkanes) is 1. The molecule has 1 aromatic rings. The van der Waals surface area contributed by atoms with Crippen molar-refractivity contribution in [3.8, 4) is 6.07 Å². The second-order valence-corrected chi connectivity index (χ2v) is 9.96. The minimum atomic E-state index is -0.256. The number of thiocarbonyl (C=S) groups is 1. The van der Waals surface area contributed by atoms with Gasteiger partial charge in [-0.2, -0.15) is 5.26 Å². The number of rotatable bonds is 7. The Bertz CT molecular complexity index is 1030. The minimum Gasteiger partial charge on any atom is -0.355 e. The summed E-state index contributed by atoms with van der Waals surface area (Å²) < 4.78 is 2.29. The number of nitriles is 1. The molecule has 7 nitrogen and oxygen atoms in total. The van der Waals surface area contributed by atoms with E-state index >= 15 is 0 Å². The summed E-state index contributed by atoms with van der Waals surface area (Å²) in [5.41, 5.74) is 1.28. The SMILES string of the molecule is CCCCN1C(=O)C(=Cc2c(C)c(C#N)c(=O)n(CCC)c2N2CCN(C)CC2)SC1=S. The van der Waals surface area contributed by atoms with E-state index in [1.807, 2.05) is 13.0 Å². The lowest BCUT2D eigenvalue weighted by atomic mass is 10.0. The van der Waals surface area contributed by atoms with Crippen molar-refractivity contribution in [3.05, 3.63) is 31.9 Å². The van der Waals surface area contributed by atoms with Gasteiger partial charge in [0.25, 0.3) is 11.5 Å². The number of carbonyl (C=O) groups is 1. The zero-order valence-electron chi connectivity index (χ0n) is 19.3. The zero-order chi connectivity index (χ0) is 23.4. The fourth-order valence-corrected chi connectivity index (χ4v) is 5.36. The third-order valence-corrected chi connectivity index (χ3v) is 7.36. The topological polar surface area (TPSA) is 72.6 Å². The maximum Gasteiger partial charge on any atom is 0.270 e. The van der Waals surface area contributed by atoms with Gasteiger partial charge in [-0.1, -0.05) is 44.2 Å². The van der Waals surface area contributed by atoms with Gasteiger partial charge in [0.2, 0.25) is 0 Å². The third-order valence-electron chi connectivity index (χ3n) is 5.98. The van der Waals surface area contributed by atoms with Crippen molar-refractivity contribution in [2.75, 3.05) is 44.7 Å². The largest absolute Gasteiger partial charge is 0.355 e. The predicted octanol–water partition coefficient (Wildman–Crippen LogP) is 3.19. The van der Waals surface area contributed by atoms with Gasteiger partial charge < -0.3 is 9.80 Å². The molecule has 2 aliphatic rings. The lowest BCUT2D eigenvalue weighted by molar-refractivity contribution is -0.122. The Morgan fingerprint density at radius 3 is 2.41 bits per heavy atom. The summed E-state index contributed by atoms with van der Waals surface area (Å²) in [6, 6.07) is 2.10. The van der Waals surface area contributed by atoms with Gasteiger partial charge in [0.05, 0.1) is 4.91 Å². The molecule has 1 amide bonds. The van der Waals surface area contributed by atoms with E-state index < -0.39 is 0 Å². The van der Waals surface area contributed by atoms with Gasteiger partial charge in [-0.3, -0.25) is 19.1 Å². The van der Waals surface area contributed by atoms with Crippen molar-refractivity contribution >= 4 is 46.1 Å². The molecular weight excluding hydrogens is 442 g/mol. The Labute approximate surface area is 199 Å². The van der Waals surface area contributed by atoms with E-state index in [1.54, 1.807) is 16.4 Å². The van der Waals surface area contributed by atoms with Gasteiger partial charge >= 0.3 is 0 Å². The summed E-state index contributed by atoms with van der Waals surface area (Å²) in [6.45, 7) is 10.4. The summed E-state index contributed by atoms with van der Waals surface area (Å²) in [4.78, 5) is 33.0. The third kappa shape index (κ3) is 4.77. The maximum absolute atomic E-state index is 13.2. The zero-order valence-corrected chi connectivity index (χ0v) is 20.9. The van der Waals surface area contributed by atoms with Crippen molar-refractivity contribution in [1.29, 1.82) is 5.26 Å². The molecule has 0 unspecified atom stereocenters. The molecule has 1 aromatic heterocycles. The molecule has 0 spiro atoms. The number of pyridine rings is 1. The first-order valence-corrected chi connectivity index (χ1v) is 12.4. The van der Waals surface area contributed by atoms with Crippen LogP contribution in [0.25, 0.3) is 6.08 Å². The normalized spacial score (nSPS) is 18.7. The van der Waals surface area contributed by atoms with Crippen LogP contribution in [0.4, 0.5) is 5.82 Å². The summed E-state index contributed by atoms with van der Waals surface area (Å²) in [5, 5.41) is 9.74. The van der Waals surface area contributed by atoms with Gasteiger partial charge in [0.15, 0.2) is 0 Å². The molecule has 3 rings (SSSR count). The van der Waals surface area contributed by atoms with Crippen LogP contribution < -0.4 is 10.5 Å². The molecule has 0 aliphatic carbocycles. The molecule has 32 heavy (non-hydrogen) atoms. The van der Waals surface area contributed by atoms with Crippen LogP contribution in [0.2, 0.25) is 0 Å². The van der Waals surface area contributed by atoms with E-state index in [0.29, 0.717) is 27.9 Å². The predicted molar refractivity (Wildman–Crippen MR) is 135 cm³/mol. The van der Waals surface area contributed by atoms with Crippen molar-refractivity contribution in [2.24, 2.45) is 0 Å². The number of carbonyl (C=O) groups excluding carboxylic acids is 1. The summed E-state index contributed by atoms with van der Waals surface area (Å²) in [7, 11) is 2.09. The van der Waals surface area contributed by atoms with E-state index in [-0.39, 0.29) is 17.0 Å². The van der Waals surface area contributed by atoms with E-state index in [0.717, 1.165) is 56.8 Å². The number of amides is 1. The fourth-order valence-electron chi connectivity index (χ4n) is 4.07. The average molecular weight is 474 g/mol. The number of anilines is 1. The van der Waals surface area contributed by atoms with Crippen LogP contribution in [-0.2, 0) is 11.3 Å². The highest BCUT2D eigenvalue weighted by Crippen LogP contribution is 2.36. The molecule has 2 aliphatic heterocycles. The van der Waals surface area contributed by atoms with Gasteiger partial charge in [0.1, 0.15) is 21.8 Å². The first-order valence-electron chi connectivity index (χ1n) is 11.2. The molecule has 0 aromatic carbocycles. The Balaban J connectivity index is 2.18. The number of likely N-dealkylation sites (N-methyl/N-ethyl adjacent to an activating group) is 1. The van der Waals surface area contributed by atoms with Crippen LogP contribution >= 0.6 is 24.0 Å². The molecular formula is C23H31N5O2S2. The quantitative estimate of drug-likeness (QED) is 0.445. The average Bonchev–Trinajstić information content (AvgIpc) is 3.04. The van der Waals surface area contributed by atoms with Crippen molar-refractivity contribution < 1.29 is 4.79 Å². The van der Waals surface area contributed by atoms with Crippen LogP contribution in [0.5, 0.6) is 0 Å². The second kappa shape index (κ2) is 10.6. The summed E-state index contributed by atoms with van der Waals surface area (Å²) in [6.07, 6.45) is 4.50. The minimum absolute atomic E-state index is 0.0936. The lowest BCUT2D eigenvalue weighted by Gasteiger charge is -2.36. The van der Waals surface area contributed by atoms with E-state index in [1.165, 1.54) is 11.8 Å². The Morgan fingerprint density at radius 1 is 1.12 bits per heavy atom. The molecule has 0 bridgehead atoms. The van der Waals surface area contributed by atoms with E-state index in [9.17, 15) is 14.9 Å². The number of piperazine rings is 1.